The van der Waals surface area contributed by atoms with Crippen LogP contribution in [0.5, 0.6) is 0 Å². The SMILES string of the molecule is CCCn1ncc(Cl)c1C(NCC)c1ccc(C)c(Br)c1. The molecular weight excluding hydrogens is 350 g/mol. The average molecular weight is 371 g/mol. The van der Waals surface area contributed by atoms with Crippen LogP contribution in [0.25, 0.3) is 0 Å². The number of aryl methyl sites for hydroxylation is 2. The van der Waals surface area contributed by atoms with Gasteiger partial charge in [0.15, 0.2) is 0 Å². The van der Waals surface area contributed by atoms with Gasteiger partial charge in [-0.25, -0.2) is 0 Å². The van der Waals surface area contributed by atoms with Gasteiger partial charge in [-0.1, -0.05) is 53.5 Å². The highest BCUT2D eigenvalue weighted by Crippen LogP contribution is 2.30. The van der Waals surface area contributed by atoms with E-state index in [2.05, 4.69) is 65.3 Å². The predicted molar refractivity (Wildman–Crippen MR) is 91.9 cm³/mol. The van der Waals surface area contributed by atoms with Crippen LogP contribution < -0.4 is 5.32 Å². The maximum atomic E-state index is 6.40. The van der Waals surface area contributed by atoms with Crippen molar-refractivity contribution in [3.05, 3.63) is 50.7 Å². The van der Waals surface area contributed by atoms with E-state index in [0.29, 0.717) is 5.02 Å². The Hall–Kier alpha value is -0.840. The number of hydrogen-bond acceptors (Lipinski definition) is 2. The van der Waals surface area contributed by atoms with Crippen molar-refractivity contribution >= 4 is 27.5 Å². The van der Waals surface area contributed by atoms with E-state index in [9.17, 15) is 0 Å². The number of nitrogens with one attached hydrogen (secondary N) is 1. The highest BCUT2D eigenvalue weighted by atomic mass is 79.9. The van der Waals surface area contributed by atoms with Crippen molar-refractivity contribution in [2.75, 3.05) is 6.54 Å². The molecule has 0 aliphatic rings. The molecule has 2 aromatic rings. The van der Waals surface area contributed by atoms with E-state index in [4.69, 9.17) is 11.6 Å². The lowest BCUT2D eigenvalue weighted by Crippen LogP contribution is -2.25. The number of rotatable bonds is 6. The van der Waals surface area contributed by atoms with Crippen LogP contribution in [-0.2, 0) is 6.54 Å². The lowest BCUT2D eigenvalue weighted by Gasteiger charge is -2.21. The highest BCUT2D eigenvalue weighted by Gasteiger charge is 2.21. The third-order valence-electron chi connectivity index (χ3n) is 3.48. The van der Waals surface area contributed by atoms with Gasteiger partial charge in [-0.2, -0.15) is 5.10 Å². The van der Waals surface area contributed by atoms with Crippen LogP contribution in [0, 0.1) is 6.92 Å². The van der Waals surface area contributed by atoms with Gasteiger partial charge >= 0.3 is 0 Å². The molecule has 1 aromatic heterocycles. The van der Waals surface area contributed by atoms with E-state index in [1.807, 2.05) is 4.68 Å². The fourth-order valence-corrected chi connectivity index (χ4v) is 3.06. The Morgan fingerprint density at radius 2 is 2.14 bits per heavy atom. The van der Waals surface area contributed by atoms with Crippen LogP contribution in [0.2, 0.25) is 5.02 Å². The number of hydrogen-bond donors (Lipinski definition) is 1. The first kappa shape index (κ1) is 16.5. The summed E-state index contributed by atoms with van der Waals surface area (Å²) in [5, 5.41) is 8.64. The van der Waals surface area contributed by atoms with Gasteiger partial charge in [0, 0.05) is 11.0 Å². The Labute approximate surface area is 139 Å². The molecule has 1 unspecified atom stereocenters. The van der Waals surface area contributed by atoms with Crippen molar-refractivity contribution in [1.29, 1.82) is 0 Å². The minimum Gasteiger partial charge on any atom is -0.305 e. The lowest BCUT2D eigenvalue weighted by molar-refractivity contribution is 0.520. The summed E-state index contributed by atoms with van der Waals surface area (Å²) in [6, 6.07) is 6.47. The fourth-order valence-electron chi connectivity index (χ4n) is 2.41. The van der Waals surface area contributed by atoms with Crippen molar-refractivity contribution in [3.8, 4) is 0 Å². The fraction of sp³-hybridized carbons (Fsp3) is 0.438. The monoisotopic (exact) mass is 369 g/mol. The smallest absolute Gasteiger partial charge is 0.0837 e. The number of aromatic nitrogens is 2. The zero-order valence-corrected chi connectivity index (χ0v) is 15.0. The molecule has 21 heavy (non-hydrogen) atoms. The average Bonchev–Trinajstić information content (AvgIpc) is 2.81. The van der Waals surface area contributed by atoms with Gasteiger partial charge in [-0.3, -0.25) is 4.68 Å². The minimum absolute atomic E-state index is 0.0495. The number of halogens is 2. The minimum atomic E-state index is 0.0495. The Balaban J connectivity index is 2.47. The van der Waals surface area contributed by atoms with Crippen LogP contribution in [0.15, 0.2) is 28.9 Å². The molecular formula is C16H21BrClN3. The second kappa shape index (κ2) is 7.43. The van der Waals surface area contributed by atoms with Gasteiger partial charge in [-0.05, 0) is 37.1 Å². The Bertz CT molecular complexity index is 610. The van der Waals surface area contributed by atoms with Crippen molar-refractivity contribution in [1.82, 2.24) is 15.1 Å². The molecule has 1 aromatic carbocycles. The summed E-state index contributed by atoms with van der Waals surface area (Å²) in [5.74, 6) is 0. The molecule has 3 nitrogen and oxygen atoms in total. The van der Waals surface area contributed by atoms with E-state index >= 15 is 0 Å². The summed E-state index contributed by atoms with van der Waals surface area (Å²) in [4.78, 5) is 0. The largest absolute Gasteiger partial charge is 0.305 e. The molecule has 1 atom stereocenters. The third-order valence-corrected chi connectivity index (χ3v) is 4.63. The van der Waals surface area contributed by atoms with Crippen molar-refractivity contribution in [2.45, 2.75) is 39.8 Å². The lowest BCUT2D eigenvalue weighted by atomic mass is 10.0. The quantitative estimate of drug-likeness (QED) is 0.797. The second-order valence-corrected chi connectivity index (χ2v) is 6.36. The zero-order chi connectivity index (χ0) is 15.4. The molecule has 1 N–H and O–H groups in total. The van der Waals surface area contributed by atoms with E-state index < -0.39 is 0 Å². The molecule has 0 bridgehead atoms. The summed E-state index contributed by atoms with van der Waals surface area (Å²) >= 11 is 10.0. The molecule has 1 heterocycles. The van der Waals surface area contributed by atoms with Gasteiger partial charge in [-0.15, -0.1) is 0 Å². The zero-order valence-electron chi connectivity index (χ0n) is 12.7. The van der Waals surface area contributed by atoms with Crippen LogP contribution in [0.3, 0.4) is 0 Å². The summed E-state index contributed by atoms with van der Waals surface area (Å²) in [5.41, 5.74) is 3.45. The van der Waals surface area contributed by atoms with Crippen LogP contribution in [0.1, 0.15) is 43.1 Å². The summed E-state index contributed by atoms with van der Waals surface area (Å²) < 4.78 is 3.12. The van der Waals surface area contributed by atoms with Crippen LogP contribution >= 0.6 is 27.5 Å². The third kappa shape index (κ3) is 3.68. The Kier molecular flexibility index (Phi) is 5.85. The summed E-state index contributed by atoms with van der Waals surface area (Å²) in [7, 11) is 0. The first-order valence-electron chi connectivity index (χ1n) is 7.29. The molecule has 0 aliphatic carbocycles. The molecule has 0 saturated carbocycles. The summed E-state index contributed by atoms with van der Waals surface area (Å²) in [6.45, 7) is 8.07. The molecule has 0 fully saturated rings. The Morgan fingerprint density at radius 3 is 2.76 bits per heavy atom. The number of benzene rings is 1. The molecule has 0 aliphatic heterocycles. The first-order valence-corrected chi connectivity index (χ1v) is 8.46. The van der Waals surface area contributed by atoms with Crippen molar-refractivity contribution in [3.63, 3.8) is 0 Å². The van der Waals surface area contributed by atoms with Gasteiger partial charge in [0.25, 0.3) is 0 Å². The molecule has 0 spiro atoms. The molecule has 0 saturated heterocycles. The van der Waals surface area contributed by atoms with E-state index in [0.717, 1.165) is 29.7 Å². The van der Waals surface area contributed by atoms with E-state index in [-0.39, 0.29) is 6.04 Å². The first-order chi connectivity index (χ1) is 10.1. The van der Waals surface area contributed by atoms with Crippen molar-refractivity contribution in [2.24, 2.45) is 0 Å². The van der Waals surface area contributed by atoms with Crippen molar-refractivity contribution < 1.29 is 0 Å². The van der Waals surface area contributed by atoms with Gasteiger partial charge < -0.3 is 5.32 Å². The van der Waals surface area contributed by atoms with Crippen LogP contribution in [-0.4, -0.2) is 16.3 Å². The molecule has 0 radical (unpaired) electrons. The van der Waals surface area contributed by atoms with Crippen LogP contribution in [0.4, 0.5) is 0 Å². The number of nitrogens with zero attached hydrogens (tertiary/aromatic N) is 2. The van der Waals surface area contributed by atoms with E-state index in [1.165, 1.54) is 11.1 Å². The molecule has 114 valence electrons. The molecule has 5 heteroatoms. The van der Waals surface area contributed by atoms with Gasteiger partial charge in [0.2, 0.25) is 0 Å². The molecule has 0 amide bonds. The highest BCUT2D eigenvalue weighted by molar-refractivity contribution is 9.10. The normalized spacial score (nSPS) is 12.6. The maximum Gasteiger partial charge on any atom is 0.0837 e. The second-order valence-electron chi connectivity index (χ2n) is 5.10. The van der Waals surface area contributed by atoms with Gasteiger partial charge in [0.1, 0.15) is 0 Å². The maximum absolute atomic E-state index is 6.40. The van der Waals surface area contributed by atoms with Gasteiger partial charge in [0.05, 0.1) is 23.0 Å². The summed E-state index contributed by atoms with van der Waals surface area (Å²) in [6.07, 6.45) is 2.77. The standard InChI is InChI=1S/C16H21BrClN3/c1-4-8-21-16(14(18)10-20-21)15(19-5-2)12-7-6-11(3)13(17)9-12/h6-7,9-10,15,19H,4-5,8H2,1-3H3. The molecule has 2 rings (SSSR count). The Morgan fingerprint density at radius 1 is 1.38 bits per heavy atom. The topological polar surface area (TPSA) is 29.9 Å². The predicted octanol–water partition coefficient (Wildman–Crippen LogP) is 4.72. The van der Waals surface area contributed by atoms with E-state index in [1.54, 1.807) is 6.20 Å².